The van der Waals surface area contributed by atoms with E-state index in [1.807, 2.05) is 13.8 Å². The first-order valence-corrected chi connectivity index (χ1v) is 7.16. The number of carbonyl (C=O) groups is 1. The molecule has 0 spiro atoms. The summed E-state index contributed by atoms with van der Waals surface area (Å²) in [5, 5.41) is 12.3. The molecule has 0 bridgehead atoms. The zero-order valence-electron chi connectivity index (χ0n) is 12.9. The summed E-state index contributed by atoms with van der Waals surface area (Å²) in [4.78, 5) is 15.9. The Morgan fingerprint density at radius 3 is 2.11 bits per heavy atom. The first kappa shape index (κ1) is 16.4. The minimum atomic E-state index is -0.757. The molecule has 0 aromatic carbocycles. The molecule has 1 atom stereocenters. The van der Waals surface area contributed by atoms with Gasteiger partial charge in [0.2, 0.25) is 0 Å². The Labute approximate surface area is 117 Å². The van der Waals surface area contributed by atoms with E-state index in [1.54, 1.807) is 0 Å². The van der Waals surface area contributed by atoms with Gasteiger partial charge in [-0.2, -0.15) is 0 Å². The standard InChI is InChI=1S/C14H29N3O2/c1-11(2)15-12(13(18)19)10-16-6-8-17(9-7-16)14(3,4)5/h11-12,15H,6-10H2,1-5H3,(H,18,19). The quantitative estimate of drug-likeness (QED) is 0.776. The van der Waals surface area contributed by atoms with Crippen LogP contribution >= 0.6 is 0 Å². The van der Waals surface area contributed by atoms with E-state index in [0.29, 0.717) is 6.54 Å². The van der Waals surface area contributed by atoms with E-state index >= 15 is 0 Å². The first-order chi connectivity index (χ1) is 8.70. The van der Waals surface area contributed by atoms with Gasteiger partial charge in [0.15, 0.2) is 0 Å². The molecule has 0 saturated carbocycles. The van der Waals surface area contributed by atoms with Crippen LogP contribution in [0.3, 0.4) is 0 Å². The van der Waals surface area contributed by atoms with Gasteiger partial charge in [-0.15, -0.1) is 0 Å². The van der Waals surface area contributed by atoms with E-state index in [2.05, 4.69) is 35.9 Å². The van der Waals surface area contributed by atoms with Crippen molar-refractivity contribution in [2.75, 3.05) is 32.7 Å². The van der Waals surface area contributed by atoms with Gasteiger partial charge in [-0.25, -0.2) is 0 Å². The zero-order valence-corrected chi connectivity index (χ0v) is 12.9. The number of hydrogen-bond acceptors (Lipinski definition) is 4. The van der Waals surface area contributed by atoms with Crippen molar-refractivity contribution in [3.8, 4) is 0 Å². The van der Waals surface area contributed by atoms with E-state index in [-0.39, 0.29) is 11.6 Å². The zero-order chi connectivity index (χ0) is 14.6. The Bertz CT molecular complexity index is 292. The van der Waals surface area contributed by atoms with Crippen LogP contribution in [0.2, 0.25) is 0 Å². The molecule has 0 aliphatic carbocycles. The Hall–Kier alpha value is -0.650. The molecule has 1 aliphatic rings. The molecule has 112 valence electrons. The van der Waals surface area contributed by atoms with Crippen LogP contribution in [0.1, 0.15) is 34.6 Å². The van der Waals surface area contributed by atoms with Gasteiger partial charge in [-0.1, -0.05) is 13.8 Å². The monoisotopic (exact) mass is 271 g/mol. The molecule has 0 aromatic heterocycles. The minimum absolute atomic E-state index is 0.192. The van der Waals surface area contributed by atoms with Crippen molar-refractivity contribution < 1.29 is 9.90 Å². The van der Waals surface area contributed by atoms with Crippen molar-refractivity contribution in [2.45, 2.75) is 52.2 Å². The SMILES string of the molecule is CC(C)NC(CN1CCN(C(C)(C)C)CC1)C(=O)O. The second kappa shape index (κ2) is 6.68. The normalized spacial score (nSPS) is 20.7. The number of carboxylic acids is 1. The molecule has 0 aromatic rings. The maximum Gasteiger partial charge on any atom is 0.322 e. The number of aliphatic carboxylic acids is 1. The van der Waals surface area contributed by atoms with E-state index in [1.165, 1.54) is 0 Å². The number of nitrogens with zero attached hydrogens (tertiary/aromatic N) is 2. The molecular formula is C14H29N3O2. The number of nitrogens with one attached hydrogen (secondary N) is 1. The van der Waals surface area contributed by atoms with Crippen molar-refractivity contribution in [2.24, 2.45) is 0 Å². The molecule has 1 aliphatic heterocycles. The molecule has 1 fully saturated rings. The molecule has 5 nitrogen and oxygen atoms in total. The third kappa shape index (κ3) is 5.47. The summed E-state index contributed by atoms with van der Waals surface area (Å²) in [6.07, 6.45) is 0. The van der Waals surface area contributed by atoms with Gasteiger partial charge < -0.3 is 10.4 Å². The van der Waals surface area contributed by atoms with Crippen LogP contribution in [0.15, 0.2) is 0 Å². The Morgan fingerprint density at radius 1 is 1.21 bits per heavy atom. The van der Waals surface area contributed by atoms with E-state index in [0.717, 1.165) is 26.2 Å². The second-order valence-corrected chi connectivity index (χ2v) is 6.67. The van der Waals surface area contributed by atoms with Crippen molar-refractivity contribution >= 4 is 5.97 Å². The predicted octanol–water partition coefficient (Wildman–Crippen LogP) is 0.854. The largest absolute Gasteiger partial charge is 0.480 e. The van der Waals surface area contributed by atoms with Crippen LogP contribution in [-0.2, 0) is 4.79 Å². The lowest BCUT2D eigenvalue weighted by atomic mass is 10.0. The Balaban J connectivity index is 2.44. The summed E-state index contributed by atoms with van der Waals surface area (Å²) in [5.74, 6) is -0.757. The molecule has 2 N–H and O–H groups in total. The molecule has 1 rings (SSSR count). The summed E-state index contributed by atoms with van der Waals surface area (Å²) < 4.78 is 0. The van der Waals surface area contributed by atoms with E-state index in [4.69, 9.17) is 0 Å². The van der Waals surface area contributed by atoms with Crippen molar-refractivity contribution in [3.63, 3.8) is 0 Å². The average molecular weight is 271 g/mol. The maximum absolute atomic E-state index is 11.2. The van der Waals surface area contributed by atoms with E-state index < -0.39 is 12.0 Å². The molecular weight excluding hydrogens is 242 g/mol. The fourth-order valence-electron chi connectivity index (χ4n) is 2.46. The van der Waals surface area contributed by atoms with Gasteiger partial charge in [0.05, 0.1) is 0 Å². The van der Waals surface area contributed by atoms with Crippen LogP contribution in [0.4, 0.5) is 0 Å². The fourth-order valence-corrected chi connectivity index (χ4v) is 2.46. The highest BCUT2D eigenvalue weighted by Crippen LogP contribution is 2.15. The Morgan fingerprint density at radius 2 is 1.74 bits per heavy atom. The van der Waals surface area contributed by atoms with Crippen LogP contribution in [0.25, 0.3) is 0 Å². The third-order valence-electron chi connectivity index (χ3n) is 3.59. The van der Waals surface area contributed by atoms with Gasteiger partial charge in [0, 0.05) is 44.3 Å². The lowest BCUT2D eigenvalue weighted by Crippen LogP contribution is -2.57. The van der Waals surface area contributed by atoms with Crippen molar-refractivity contribution in [1.82, 2.24) is 15.1 Å². The summed E-state index contributed by atoms with van der Waals surface area (Å²) in [5.41, 5.74) is 0.203. The second-order valence-electron chi connectivity index (χ2n) is 6.67. The van der Waals surface area contributed by atoms with Gasteiger partial charge in [-0.3, -0.25) is 14.6 Å². The van der Waals surface area contributed by atoms with Crippen LogP contribution in [0.5, 0.6) is 0 Å². The third-order valence-corrected chi connectivity index (χ3v) is 3.59. The highest BCUT2D eigenvalue weighted by Gasteiger charge is 2.28. The van der Waals surface area contributed by atoms with Gasteiger partial charge in [0.25, 0.3) is 0 Å². The van der Waals surface area contributed by atoms with Gasteiger partial charge in [-0.05, 0) is 20.8 Å². The average Bonchev–Trinajstić information content (AvgIpc) is 2.27. The maximum atomic E-state index is 11.2. The number of hydrogen-bond donors (Lipinski definition) is 2. The number of rotatable bonds is 5. The number of piperazine rings is 1. The van der Waals surface area contributed by atoms with Crippen LogP contribution in [-0.4, -0.2) is 71.2 Å². The highest BCUT2D eigenvalue weighted by molar-refractivity contribution is 5.73. The first-order valence-electron chi connectivity index (χ1n) is 7.16. The summed E-state index contributed by atoms with van der Waals surface area (Å²) in [6, 6.07) is -0.279. The van der Waals surface area contributed by atoms with Crippen molar-refractivity contribution in [1.29, 1.82) is 0 Å². The molecule has 0 radical (unpaired) electrons. The minimum Gasteiger partial charge on any atom is -0.480 e. The van der Waals surface area contributed by atoms with Crippen LogP contribution < -0.4 is 5.32 Å². The molecule has 0 amide bonds. The highest BCUT2D eigenvalue weighted by atomic mass is 16.4. The molecule has 1 heterocycles. The lowest BCUT2D eigenvalue weighted by Gasteiger charge is -2.42. The fraction of sp³-hybridized carbons (Fsp3) is 0.929. The molecule has 1 saturated heterocycles. The van der Waals surface area contributed by atoms with Gasteiger partial charge in [0.1, 0.15) is 6.04 Å². The summed E-state index contributed by atoms with van der Waals surface area (Å²) >= 11 is 0. The lowest BCUT2D eigenvalue weighted by molar-refractivity contribution is -0.140. The Kier molecular flexibility index (Phi) is 5.77. The van der Waals surface area contributed by atoms with Crippen LogP contribution in [0, 0.1) is 0 Å². The number of carboxylic acid groups (broad SMARTS) is 1. The molecule has 5 heteroatoms. The van der Waals surface area contributed by atoms with Gasteiger partial charge >= 0.3 is 5.97 Å². The topological polar surface area (TPSA) is 55.8 Å². The van der Waals surface area contributed by atoms with E-state index in [9.17, 15) is 9.90 Å². The molecule has 1 unspecified atom stereocenters. The van der Waals surface area contributed by atoms with Crippen molar-refractivity contribution in [3.05, 3.63) is 0 Å². The molecule has 19 heavy (non-hydrogen) atoms. The smallest absolute Gasteiger partial charge is 0.322 e. The summed E-state index contributed by atoms with van der Waals surface area (Å²) in [7, 11) is 0. The summed E-state index contributed by atoms with van der Waals surface area (Å²) in [6.45, 7) is 15.1. The predicted molar refractivity (Wildman–Crippen MR) is 77.5 cm³/mol.